The van der Waals surface area contributed by atoms with Crippen LogP contribution in [0.4, 0.5) is 9.59 Å². The lowest BCUT2D eigenvalue weighted by Gasteiger charge is -2.34. The number of rotatable bonds is 5. The highest BCUT2D eigenvalue weighted by Gasteiger charge is 2.52. The maximum absolute atomic E-state index is 12.7. The normalized spacial score (nSPS) is 24.5. The van der Waals surface area contributed by atoms with Gasteiger partial charge in [0.05, 0.1) is 0 Å². The molecular formula is C22H35N5O4. The molecule has 9 heteroatoms. The number of hydrogen-bond donors (Lipinski definition) is 3. The molecule has 0 aromatic rings. The molecule has 0 atom stereocenters. The lowest BCUT2D eigenvalue weighted by atomic mass is 9.95. The molecule has 2 saturated carbocycles. The number of urea groups is 2. The van der Waals surface area contributed by atoms with Crippen molar-refractivity contribution in [2.45, 2.75) is 94.7 Å². The van der Waals surface area contributed by atoms with Crippen LogP contribution in [0, 0.1) is 0 Å². The van der Waals surface area contributed by atoms with E-state index < -0.39 is 5.54 Å². The van der Waals surface area contributed by atoms with Crippen LogP contribution in [0.3, 0.4) is 0 Å². The monoisotopic (exact) mass is 433 g/mol. The van der Waals surface area contributed by atoms with Gasteiger partial charge >= 0.3 is 12.1 Å². The largest absolute Gasteiger partial charge is 0.353 e. The molecule has 9 nitrogen and oxygen atoms in total. The third kappa shape index (κ3) is 4.96. The Bertz CT molecular complexity index is 707. The van der Waals surface area contributed by atoms with E-state index in [2.05, 4.69) is 16.0 Å². The van der Waals surface area contributed by atoms with Crippen molar-refractivity contribution in [3.05, 3.63) is 0 Å². The van der Waals surface area contributed by atoms with E-state index in [0.717, 1.165) is 38.5 Å². The summed E-state index contributed by atoms with van der Waals surface area (Å²) in [6.07, 6.45) is 10.6. The van der Waals surface area contributed by atoms with E-state index in [0.29, 0.717) is 32.0 Å². The van der Waals surface area contributed by atoms with Crippen molar-refractivity contribution in [2.24, 2.45) is 0 Å². The van der Waals surface area contributed by atoms with Gasteiger partial charge in [-0.3, -0.25) is 14.5 Å². The second-order valence-corrected chi connectivity index (χ2v) is 9.54. The Hall–Kier alpha value is -2.32. The van der Waals surface area contributed by atoms with Gasteiger partial charge in [-0.2, -0.15) is 0 Å². The van der Waals surface area contributed by atoms with Crippen molar-refractivity contribution in [3.63, 3.8) is 0 Å². The van der Waals surface area contributed by atoms with Gasteiger partial charge in [0.15, 0.2) is 0 Å². The fraction of sp³-hybridized carbons (Fsp3) is 0.818. The predicted octanol–water partition coefficient (Wildman–Crippen LogP) is 1.86. The summed E-state index contributed by atoms with van der Waals surface area (Å²) >= 11 is 0. The van der Waals surface area contributed by atoms with Gasteiger partial charge in [-0.05, 0) is 38.5 Å². The Morgan fingerprint density at radius 2 is 1.55 bits per heavy atom. The van der Waals surface area contributed by atoms with Crippen LogP contribution in [-0.4, -0.2) is 70.9 Å². The maximum Gasteiger partial charge on any atom is 0.325 e. The average Bonchev–Trinajstić information content (AvgIpc) is 3.33. The van der Waals surface area contributed by atoms with Crippen LogP contribution in [0.15, 0.2) is 0 Å². The molecule has 2 heterocycles. The lowest BCUT2D eigenvalue weighted by Crippen LogP contribution is -2.51. The minimum absolute atomic E-state index is 0.0103. The molecule has 0 aromatic heterocycles. The Morgan fingerprint density at radius 3 is 2.23 bits per heavy atom. The van der Waals surface area contributed by atoms with Crippen molar-refractivity contribution in [1.29, 1.82) is 0 Å². The van der Waals surface area contributed by atoms with Crippen molar-refractivity contribution >= 4 is 23.9 Å². The molecule has 172 valence electrons. The summed E-state index contributed by atoms with van der Waals surface area (Å²) in [4.78, 5) is 52.8. The molecule has 6 amide bonds. The van der Waals surface area contributed by atoms with Crippen LogP contribution in [0.5, 0.6) is 0 Å². The molecule has 2 saturated heterocycles. The first-order chi connectivity index (χ1) is 15.0. The van der Waals surface area contributed by atoms with E-state index >= 15 is 0 Å². The summed E-state index contributed by atoms with van der Waals surface area (Å²) < 4.78 is 0. The number of imide groups is 1. The van der Waals surface area contributed by atoms with E-state index in [1.807, 2.05) is 4.90 Å². The summed E-state index contributed by atoms with van der Waals surface area (Å²) in [5, 5.41) is 9.00. The number of carbonyl (C=O) groups excluding carboxylic acids is 4. The molecule has 3 N–H and O–H groups in total. The molecule has 2 aliphatic carbocycles. The van der Waals surface area contributed by atoms with Gasteiger partial charge in [0.2, 0.25) is 5.91 Å². The SMILES string of the molecule is O=C(CCN1C(=O)NC2(CCCC2)C1=O)NC1CCN(C(=O)NC2CCCCC2)CC1. The third-order valence-electron chi connectivity index (χ3n) is 7.35. The third-order valence-corrected chi connectivity index (χ3v) is 7.35. The second kappa shape index (κ2) is 9.44. The maximum atomic E-state index is 12.7. The van der Waals surface area contributed by atoms with E-state index in [9.17, 15) is 19.2 Å². The van der Waals surface area contributed by atoms with Gasteiger partial charge in [0.25, 0.3) is 5.91 Å². The molecule has 0 aromatic carbocycles. The second-order valence-electron chi connectivity index (χ2n) is 9.54. The van der Waals surface area contributed by atoms with Gasteiger partial charge in [0, 0.05) is 38.1 Å². The van der Waals surface area contributed by atoms with Crippen LogP contribution in [0.2, 0.25) is 0 Å². The molecule has 0 unspecified atom stereocenters. The smallest absolute Gasteiger partial charge is 0.325 e. The number of piperidine rings is 1. The number of likely N-dealkylation sites (tertiary alicyclic amines) is 1. The average molecular weight is 434 g/mol. The molecule has 0 radical (unpaired) electrons. The summed E-state index contributed by atoms with van der Waals surface area (Å²) in [6.45, 7) is 1.36. The molecular weight excluding hydrogens is 398 g/mol. The van der Waals surface area contributed by atoms with Gasteiger partial charge in [-0.15, -0.1) is 0 Å². The molecule has 4 aliphatic rings. The highest BCUT2D eigenvalue weighted by molar-refractivity contribution is 6.07. The predicted molar refractivity (Wildman–Crippen MR) is 114 cm³/mol. The number of nitrogens with zero attached hydrogens (tertiary/aromatic N) is 2. The van der Waals surface area contributed by atoms with Gasteiger partial charge in [0.1, 0.15) is 5.54 Å². The summed E-state index contributed by atoms with van der Waals surface area (Å²) in [5.41, 5.74) is -0.724. The summed E-state index contributed by atoms with van der Waals surface area (Å²) in [5.74, 6) is -0.335. The van der Waals surface area contributed by atoms with Crippen LogP contribution in [0.25, 0.3) is 0 Å². The van der Waals surface area contributed by atoms with Crippen LogP contribution in [-0.2, 0) is 9.59 Å². The first-order valence-corrected chi connectivity index (χ1v) is 12.0. The molecule has 0 bridgehead atoms. The van der Waals surface area contributed by atoms with Crippen molar-refractivity contribution in [3.8, 4) is 0 Å². The van der Waals surface area contributed by atoms with Crippen molar-refractivity contribution in [2.75, 3.05) is 19.6 Å². The summed E-state index contributed by atoms with van der Waals surface area (Å²) in [7, 11) is 0. The quantitative estimate of drug-likeness (QED) is 0.575. The number of carbonyl (C=O) groups is 4. The molecule has 4 fully saturated rings. The zero-order chi connectivity index (χ0) is 21.8. The Balaban J connectivity index is 1.16. The number of nitrogens with one attached hydrogen (secondary N) is 3. The topological polar surface area (TPSA) is 111 Å². The van der Waals surface area contributed by atoms with Gasteiger partial charge in [-0.1, -0.05) is 32.1 Å². The highest BCUT2D eigenvalue weighted by Crippen LogP contribution is 2.35. The zero-order valence-corrected chi connectivity index (χ0v) is 18.3. The van der Waals surface area contributed by atoms with Crippen molar-refractivity contribution < 1.29 is 19.2 Å². The highest BCUT2D eigenvalue weighted by atomic mass is 16.2. The zero-order valence-electron chi connectivity index (χ0n) is 18.3. The molecule has 1 spiro atoms. The molecule has 2 aliphatic heterocycles. The van der Waals surface area contributed by atoms with Gasteiger partial charge < -0.3 is 20.9 Å². The van der Waals surface area contributed by atoms with Crippen molar-refractivity contribution in [1.82, 2.24) is 25.8 Å². The van der Waals surface area contributed by atoms with Crippen LogP contribution < -0.4 is 16.0 Å². The van der Waals surface area contributed by atoms with E-state index in [1.165, 1.54) is 24.2 Å². The van der Waals surface area contributed by atoms with E-state index in [4.69, 9.17) is 0 Å². The minimum Gasteiger partial charge on any atom is -0.353 e. The first-order valence-electron chi connectivity index (χ1n) is 12.0. The van der Waals surface area contributed by atoms with E-state index in [-0.39, 0.29) is 42.9 Å². The number of hydrogen-bond acceptors (Lipinski definition) is 4. The van der Waals surface area contributed by atoms with Crippen LogP contribution in [0.1, 0.15) is 77.0 Å². The lowest BCUT2D eigenvalue weighted by molar-refractivity contribution is -0.131. The molecule has 4 rings (SSSR count). The summed E-state index contributed by atoms with van der Waals surface area (Å²) in [6, 6.07) is -0.0453. The van der Waals surface area contributed by atoms with E-state index in [1.54, 1.807) is 0 Å². The Labute approximate surface area is 183 Å². The fourth-order valence-electron chi connectivity index (χ4n) is 5.45. The first kappa shape index (κ1) is 21.9. The van der Waals surface area contributed by atoms with Crippen LogP contribution >= 0.6 is 0 Å². The van der Waals surface area contributed by atoms with Gasteiger partial charge in [-0.25, -0.2) is 9.59 Å². The number of amides is 6. The molecule has 31 heavy (non-hydrogen) atoms. The Kier molecular flexibility index (Phi) is 6.67. The fourth-order valence-corrected chi connectivity index (χ4v) is 5.45. The standard InChI is InChI=1S/C22H35N5O4/c28-18(10-15-27-19(29)22(25-21(27)31)11-4-5-12-22)23-17-8-13-26(14-9-17)20(30)24-16-6-2-1-3-7-16/h16-17H,1-15H2,(H,23,28)(H,24,30)(H,25,31). The minimum atomic E-state index is -0.724. The Morgan fingerprint density at radius 1 is 0.903 bits per heavy atom.